The SMILES string of the molecule is CCc1ccc(S(=O)(=O)N(Cc2ccco2)c2ccccn2)cc1. The third kappa shape index (κ3) is 3.33. The Hall–Kier alpha value is -2.60. The molecule has 0 N–H and O–H groups in total. The molecule has 5 nitrogen and oxygen atoms in total. The van der Waals surface area contributed by atoms with Crippen molar-refractivity contribution in [3.05, 3.63) is 78.4 Å². The van der Waals surface area contributed by atoms with Crippen LogP contribution in [0.5, 0.6) is 0 Å². The summed E-state index contributed by atoms with van der Waals surface area (Å²) in [6.45, 7) is 2.11. The van der Waals surface area contributed by atoms with Crippen molar-refractivity contribution in [3.63, 3.8) is 0 Å². The van der Waals surface area contributed by atoms with E-state index in [2.05, 4.69) is 4.98 Å². The first-order chi connectivity index (χ1) is 11.6. The number of hydrogen-bond donors (Lipinski definition) is 0. The van der Waals surface area contributed by atoms with E-state index in [0.717, 1.165) is 12.0 Å². The molecule has 0 aliphatic heterocycles. The van der Waals surface area contributed by atoms with Gasteiger partial charge in [0.1, 0.15) is 11.6 Å². The van der Waals surface area contributed by atoms with E-state index in [1.54, 1.807) is 48.7 Å². The van der Waals surface area contributed by atoms with E-state index >= 15 is 0 Å². The van der Waals surface area contributed by atoms with Gasteiger partial charge in [0.05, 0.1) is 17.7 Å². The molecule has 0 unspecified atom stereocenters. The minimum atomic E-state index is -3.74. The molecule has 3 rings (SSSR count). The smallest absolute Gasteiger partial charge is 0.265 e. The van der Waals surface area contributed by atoms with Crippen molar-refractivity contribution in [1.29, 1.82) is 0 Å². The quantitative estimate of drug-likeness (QED) is 0.686. The fourth-order valence-electron chi connectivity index (χ4n) is 2.36. The maximum Gasteiger partial charge on any atom is 0.265 e. The van der Waals surface area contributed by atoms with E-state index < -0.39 is 10.0 Å². The Morgan fingerprint density at radius 3 is 2.42 bits per heavy atom. The average Bonchev–Trinajstić information content (AvgIpc) is 3.13. The van der Waals surface area contributed by atoms with E-state index in [1.807, 2.05) is 19.1 Å². The average molecular weight is 342 g/mol. The lowest BCUT2D eigenvalue weighted by Crippen LogP contribution is -2.31. The molecular weight excluding hydrogens is 324 g/mol. The standard InChI is InChI=1S/C18H18N2O3S/c1-2-15-8-10-17(11-9-15)24(21,22)20(14-16-6-5-13-23-16)18-7-3-4-12-19-18/h3-13H,2,14H2,1H3. The summed E-state index contributed by atoms with van der Waals surface area (Å²) in [6, 6.07) is 15.6. The van der Waals surface area contributed by atoms with Gasteiger partial charge in [0, 0.05) is 6.20 Å². The molecule has 124 valence electrons. The molecule has 0 aliphatic rings. The van der Waals surface area contributed by atoms with Gasteiger partial charge in [-0.25, -0.2) is 17.7 Å². The Kier molecular flexibility index (Phi) is 4.66. The zero-order chi connectivity index (χ0) is 17.0. The Labute approximate surface area is 141 Å². The topological polar surface area (TPSA) is 63.4 Å². The molecule has 0 aliphatic carbocycles. The van der Waals surface area contributed by atoms with Crippen LogP contribution >= 0.6 is 0 Å². The summed E-state index contributed by atoms with van der Waals surface area (Å²) < 4.78 is 32.8. The summed E-state index contributed by atoms with van der Waals surface area (Å²) in [7, 11) is -3.74. The highest BCUT2D eigenvalue weighted by Crippen LogP contribution is 2.24. The number of furan rings is 1. The second-order valence-electron chi connectivity index (χ2n) is 5.28. The monoisotopic (exact) mass is 342 g/mol. The van der Waals surface area contributed by atoms with Crippen molar-refractivity contribution in [1.82, 2.24) is 4.98 Å². The first kappa shape index (κ1) is 16.3. The molecule has 0 atom stereocenters. The molecule has 2 heterocycles. The van der Waals surface area contributed by atoms with Crippen LogP contribution in [-0.2, 0) is 23.0 Å². The van der Waals surface area contributed by atoms with Gasteiger partial charge >= 0.3 is 0 Å². The molecule has 0 spiro atoms. The first-order valence-corrected chi connectivity index (χ1v) is 9.10. The van der Waals surface area contributed by atoms with E-state index in [1.165, 1.54) is 10.6 Å². The third-order valence-electron chi connectivity index (χ3n) is 3.70. The molecule has 0 radical (unpaired) electrons. The Morgan fingerprint density at radius 2 is 1.83 bits per heavy atom. The number of hydrogen-bond acceptors (Lipinski definition) is 4. The minimum Gasteiger partial charge on any atom is -0.467 e. The highest BCUT2D eigenvalue weighted by Gasteiger charge is 2.26. The number of sulfonamides is 1. The van der Waals surface area contributed by atoms with Gasteiger partial charge in [-0.05, 0) is 48.4 Å². The van der Waals surface area contributed by atoms with Crippen LogP contribution in [0, 0.1) is 0 Å². The molecule has 0 amide bonds. The van der Waals surface area contributed by atoms with E-state index in [0.29, 0.717) is 11.6 Å². The Bertz CT molecular complexity index is 874. The highest BCUT2D eigenvalue weighted by atomic mass is 32.2. The van der Waals surface area contributed by atoms with E-state index in [-0.39, 0.29) is 11.4 Å². The van der Waals surface area contributed by atoms with Gasteiger partial charge in [-0.1, -0.05) is 25.1 Å². The van der Waals surface area contributed by atoms with Crippen LogP contribution in [-0.4, -0.2) is 13.4 Å². The predicted molar refractivity (Wildman–Crippen MR) is 92.1 cm³/mol. The summed E-state index contributed by atoms with van der Waals surface area (Å²) in [5.74, 6) is 0.905. The molecule has 1 aromatic carbocycles. The minimum absolute atomic E-state index is 0.0852. The second kappa shape index (κ2) is 6.88. The Morgan fingerprint density at radius 1 is 1.04 bits per heavy atom. The molecule has 6 heteroatoms. The van der Waals surface area contributed by atoms with Gasteiger partial charge in [-0.15, -0.1) is 0 Å². The van der Waals surface area contributed by atoms with Crippen molar-refractivity contribution in [2.45, 2.75) is 24.8 Å². The maximum absolute atomic E-state index is 13.1. The highest BCUT2D eigenvalue weighted by molar-refractivity contribution is 7.92. The third-order valence-corrected chi connectivity index (χ3v) is 5.47. The van der Waals surface area contributed by atoms with E-state index in [9.17, 15) is 8.42 Å². The lowest BCUT2D eigenvalue weighted by Gasteiger charge is -2.22. The van der Waals surface area contributed by atoms with Crippen LogP contribution in [0.1, 0.15) is 18.2 Å². The number of aromatic nitrogens is 1. The molecule has 3 aromatic rings. The molecule has 0 saturated carbocycles. The normalized spacial score (nSPS) is 11.4. The van der Waals surface area contributed by atoms with Crippen LogP contribution in [0.4, 0.5) is 5.82 Å². The summed E-state index contributed by atoms with van der Waals surface area (Å²) in [5.41, 5.74) is 1.09. The first-order valence-electron chi connectivity index (χ1n) is 7.66. The molecule has 0 bridgehead atoms. The van der Waals surface area contributed by atoms with Crippen LogP contribution in [0.25, 0.3) is 0 Å². The van der Waals surface area contributed by atoms with Crippen molar-refractivity contribution < 1.29 is 12.8 Å². The summed E-state index contributed by atoms with van der Waals surface area (Å²) in [5, 5.41) is 0. The van der Waals surface area contributed by atoms with Gasteiger partial charge in [0.15, 0.2) is 0 Å². The number of pyridine rings is 1. The lowest BCUT2D eigenvalue weighted by molar-refractivity contribution is 0.508. The van der Waals surface area contributed by atoms with Gasteiger partial charge in [0.25, 0.3) is 10.0 Å². The fourth-order valence-corrected chi connectivity index (χ4v) is 3.74. The van der Waals surface area contributed by atoms with Crippen molar-refractivity contribution in [2.75, 3.05) is 4.31 Å². The van der Waals surface area contributed by atoms with Crippen LogP contribution in [0.2, 0.25) is 0 Å². The number of rotatable bonds is 6. The van der Waals surface area contributed by atoms with Crippen molar-refractivity contribution in [3.8, 4) is 0 Å². The van der Waals surface area contributed by atoms with Gasteiger partial charge < -0.3 is 4.42 Å². The van der Waals surface area contributed by atoms with Crippen molar-refractivity contribution >= 4 is 15.8 Å². The van der Waals surface area contributed by atoms with Crippen LogP contribution < -0.4 is 4.31 Å². The molecule has 0 fully saturated rings. The molecule has 24 heavy (non-hydrogen) atoms. The largest absolute Gasteiger partial charge is 0.467 e. The van der Waals surface area contributed by atoms with Crippen molar-refractivity contribution in [2.24, 2.45) is 0 Å². The van der Waals surface area contributed by atoms with Gasteiger partial charge in [-0.2, -0.15) is 0 Å². The van der Waals surface area contributed by atoms with Gasteiger partial charge in [0.2, 0.25) is 0 Å². The zero-order valence-electron chi connectivity index (χ0n) is 13.3. The zero-order valence-corrected chi connectivity index (χ0v) is 14.1. The summed E-state index contributed by atoms with van der Waals surface area (Å²) in [4.78, 5) is 4.42. The summed E-state index contributed by atoms with van der Waals surface area (Å²) >= 11 is 0. The fraction of sp³-hybridized carbons (Fsp3) is 0.167. The lowest BCUT2D eigenvalue weighted by atomic mass is 10.2. The number of anilines is 1. The van der Waals surface area contributed by atoms with Crippen LogP contribution in [0.15, 0.2) is 76.4 Å². The van der Waals surface area contributed by atoms with E-state index in [4.69, 9.17) is 4.42 Å². The molecular formula is C18H18N2O3S. The number of nitrogens with zero attached hydrogens (tertiary/aromatic N) is 2. The van der Waals surface area contributed by atoms with Crippen LogP contribution in [0.3, 0.4) is 0 Å². The maximum atomic E-state index is 13.1. The molecule has 2 aromatic heterocycles. The second-order valence-corrected chi connectivity index (χ2v) is 7.14. The summed E-state index contributed by atoms with van der Waals surface area (Å²) in [6.07, 6.45) is 3.95. The number of benzene rings is 1. The number of aryl methyl sites for hydroxylation is 1. The molecule has 0 saturated heterocycles. The Balaban J connectivity index is 2.02. The predicted octanol–water partition coefficient (Wildman–Crippen LogP) is 3.63. The van der Waals surface area contributed by atoms with Gasteiger partial charge in [-0.3, -0.25) is 0 Å².